The first-order valence-corrected chi connectivity index (χ1v) is 10.1. The first kappa shape index (κ1) is 21.0. The molecule has 1 aromatic carbocycles. The Hall–Kier alpha value is -2.30. The van der Waals surface area contributed by atoms with E-state index < -0.39 is 37.3 Å². The van der Waals surface area contributed by atoms with Crippen molar-refractivity contribution in [2.45, 2.75) is 50.5 Å². The molecule has 162 valence electrons. The normalized spacial score (nSPS) is 29.2. The number of hydrogen-bond acceptors (Lipinski definition) is 9. The van der Waals surface area contributed by atoms with Crippen LogP contribution in [0.3, 0.4) is 0 Å². The first-order valence-electron chi connectivity index (χ1n) is 10.1. The minimum absolute atomic E-state index is 0.449. The Morgan fingerprint density at radius 2 is 1.83 bits per heavy atom. The summed E-state index contributed by atoms with van der Waals surface area (Å²) in [7, 11) is 0. The van der Waals surface area contributed by atoms with Crippen molar-refractivity contribution < 1.29 is 29.9 Å². The van der Waals surface area contributed by atoms with E-state index in [2.05, 4.69) is 14.9 Å². The van der Waals surface area contributed by atoms with Crippen LogP contribution in [0.4, 0.5) is 5.82 Å². The van der Waals surface area contributed by atoms with Crippen molar-refractivity contribution in [1.82, 2.24) is 9.97 Å². The third-order valence-electron chi connectivity index (χ3n) is 5.63. The van der Waals surface area contributed by atoms with Crippen molar-refractivity contribution in [3.05, 3.63) is 36.2 Å². The molecule has 2 aromatic rings. The fraction of sp³-hybridized carbons (Fsp3) is 0.524. The number of aliphatic hydroxyl groups excluding tert-OH is 4. The Balaban J connectivity index is 1.48. The van der Waals surface area contributed by atoms with Gasteiger partial charge in [0.05, 0.1) is 24.7 Å². The van der Waals surface area contributed by atoms with Gasteiger partial charge in [-0.15, -0.1) is 0 Å². The van der Waals surface area contributed by atoms with Gasteiger partial charge in [-0.3, -0.25) is 4.98 Å². The predicted octanol–water partition coefficient (Wildman–Crippen LogP) is 0.231. The van der Waals surface area contributed by atoms with Gasteiger partial charge in [-0.1, -0.05) is 0 Å². The highest BCUT2D eigenvalue weighted by Crippen LogP contribution is 2.29. The van der Waals surface area contributed by atoms with E-state index in [4.69, 9.17) is 9.47 Å². The van der Waals surface area contributed by atoms with E-state index in [1.807, 2.05) is 19.1 Å². The van der Waals surface area contributed by atoms with Crippen LogP contribution in [0.25, 0.3) is 11.3 Å². The fourth-order valence-electron chi connectivity index (χ4n) is 3.81. The van der Waals surface area contributed by atoms with E-state index in [0.717, 1.165) is 35.7 Å². The zero-order valence-electron chi connectivity index (χ0n) is 16.8. The van der Waals surface area contributed by atoms with Gasteiger partial charge < -0.3 is 34.8 Å². The summed E-state index contributed by atoms with van der Waals surface area (Å²) in [4.78, 5) is 11.3. The average Bonchev–Trinajstić information content (AvgIpc) is 3.30. The molecular weight excluding hydrogens is 390 g/mol. The highest BCUT2D eigenvalue weighted by Gasteiger charge is 2.44. The number of aromatic nitrogens is 2. The van der Waals surface area contributed by atoms with E-state index in [1.54, 1.807) is 18.5 Å². The molecule has 9 heteroatoms. The molecule has 0 amide bonds. The Labute approximate surface area is 174 Å². The number of hydrogen-bond donors (Lipinski definition) is 4. The topological polar surface area (TPSA) is 128 Å². The van der Waals surface area contributed by atoms with Crippen molar-refractivity contribution in [3.63, 3.8) is 0 Å². The van der Waals surface area contributed by atoms with Crippen LogP contribution in [-0.4, -0.2) is 80.8 Å². The molecule has 0 radical (unpaired) electrons. The minimum atomic E-state index is -1.48. The van der Waals surface area contributed by atoms with Crippen LogP contribution in [0.1, 0.15) is 18.4 Å². The number of aryl methyl sites for hydroxylation is 1. The quantitative estimate of drug-likeness (QED) is 0.540. The molecule has 2 aliphatic heterocycles. The Morgan fingerprint density at radius 3 is 2.47 bits per heavy atom. The molecular formula is C21H27N3O6. The standard InChI is InChI=1S/C21H27N3O6/c1-12-8-13(14-9-23-17(10-22-14)24-6-2-3-7-24)4-5-15(12)29-21-20(28)19(27)18(26)16(11-25)30-21/h4-5,8-10,16,18-21,25-28H,2-3,6-7,11H2,1H3/t16-,18-,19+,20+,21+/m1/s1. The van der Waals surface area contributed by atoms with Crippen molar-refractivity contribution in [1.29, 1.82) is 0 Å². The molecule has 1 aromatic heterocycles. The van der Waals surface area contributed by atoms with Crippen molar-refractivity contribution >= 4 is 5.82 Å². The predicted molar refractivity (Wildman–Crippen MR) is 108 cm³/mol. The summed E-state index contributed by atoms with van der Waals surface area (Å²) >= 11 is 0. The lowest BCUT2D eigenvalue weighted by Crippen LogP contribution is -2.60. The molecule has 0 bridgehead atoms. The summed E-state index contributed by atoms with van der Waals surface area (Å²) in [6, 6.07) is 5.44. The lowest BCUT2D eigenvalue weighted by Gasteiger charge is -2.39. The van der Waals surface area contributed by atoms with Crippen LogP contribution in [0, 0.1) is 6.92 Å². The van der Waals surface area contributed by atoms with Gasteiger partial charge in [0.2, 0.25) is 6.29 Å². The van der Waals surface area contributed by atoms with Crippen LogP contribution >= 0.6 is 0 Å². The molecule has 30 heavy (non-hydrogen) atoms. The Morgan fingerprint density at radius 1 is 1.07 bits per heavy atom. The molecule has 4 rings (SSSR count). The summed E-state index contributed by atoms with van der Waals surface area (Å²) in [5.41, 5.74) is 2.38. The molecule has 0 aliphatic carbocycles. The molecule has 0 saturated carbocycles. The van der Waals surface area contributed by atoms with Crippen LogP contribution in [0.5, 0.6) is 5.75 Å². The van der Waals surface area contributed by atoms with E-state index >= 15 is 0 Å². The maximum Gasteiger partial charge on any atom is 0.229 e. The highest BCUT2D eigenvalue weighted by atomic mass is 16.7. The monoisotopic (exact) mass is 417 g/mol. The summed E-state index contributed by atoms with van der Waals surface area (Å²) in [5, 5.41) is 39.3. The van der Waals surface area contributed by atoms with Crippen LogP contribution in [-0.2, 0) is 4.74 Å². The highest BCUT2D eigenvalue weighted by molar-refractivity contribution is 5.62. The van der Waals surface area contributed by atoms with Gasteiger partial charge >= 0.3 is 0 Å². The second kappa shape index (κ2) is 8.83. The van der Waals surface area contributed by atoms with Gasteiger partial charge in [-0.25, -0.2) is 4.98 Å². The summed E-state index contributed by atoms with van der Waals surface area (Å²) in [6.07, 6.45) is -0.695. The number of ether oxygens (including phenoxy) is 2. The number of rotatable bonds is 5. The molecule has 0 spiro atoms. The van der Waals surface area contributed by atoms with Crippen molar-refractivity contribution in [2.24, 2.45) is 0 Å². The first-order chi connectivity index (χ1) is 14.5. The zero-order valence-corrected chi connectivity index (χ0v) is 16.8. The zero-order chi connectivity index (χ0) is 21.3. The molecule has 2 fully saturated rings. The number of benzene rings is 1. The Kier molecular flexibility index (Phi) is 6.16. The number of nitrogens with zero attached hydrogens (tertiary/aromatic N) is 3. The third-order valence-corrected chi connectivity index (χ3v) is 5.63. The van der Waals surface area contributed by atoms with Gasteiger partial charge in [-0.05, 0) is 43.5 Å². The maximum absolute atomic E-state index is 10.2. The maximum atomic E-state index is 10.2. The molecule has 3 heterocycles. The van der Waals surface area contributed by atoms with Gasteiger partial charge in [0.25, 0.3) is 0 Å². The second-order valence-corrected chi connectivity index (χ2v) is 7.75. The van der Waals surface area contributed by atoms with Gasteiger partial charge in [-0.2, -0.15) is 0 Å². The van der Waals surface area contributed by atoms with E-state index in [9.17, 15) is 20.4 Å². The molecule has 9 nitrogen and oxygen atoms in total. The fourth-order valence-corrected chi connectivity index (χ4v) is 3.81. The second-order valence-electron chi connectivity index (χ2n) is 7.75. The smallest absolute Gasteiger partial charge is 0.229 e. The van der Waals surface area contributed by atoms with Crippen molar-refractivity contribution in [2.75, 3.05) is 24.6 Å². The largest absolute Gasteiger partial charge is 0.462 e. The summed E-state index contributed by atoms with van der Waals surface area (Å²) in [5.74, 6) is 1.33. The SMILES string of the molecule is Cc1cc(-c2cnc(N3CCCC3)cn2)ccc1O[C@H]1O[C@H](CO)[C@@H](O)[C@H](O)[C@@H]1O. The lowest BCUT2D eigenvalue weighted by atomic mass is 9.99. The van der Waals surface area contributed by atoms with Crippen molar-refractivity contribution in [3.8, 4) is 17.0 Å². The Bertz CT molecular complexity index is 856. The molecule has 2 saturated heterocycles. The van der Waals surface area contributed by atoms with Gasteiger partial charge in [0.1, 0.15) is 36.0 Å². The van der Waals surface area contributed by atoms with E-state index in [1.165, 1.54) is 12.8 Å². The summed E-state index contributed by atoms with van der Waals surface area (Å²) in [6.45, 7) is 3.36. The number of aliphatic hydroxyl groups is 4. The number of anilines is 1. The van der Waals surface area contributed by atoms with Crippen LogP contribution < -0.4 is 9.64 Å². The minimum Gasteiger partial charge on any atom is -0.462 e. The summed E-state index contributed by atoms with van der Waals surface area (Å²) < 4.78 is 11.1. The third kappa shape index (κ3) is 4.12. The van der Waals surface area contributed by atoms with Crippen LogP contribution in [0.2, 0.25) is 0 Å². The molecule has 5 atom stereocenters. The molecule has 0 unspecified atom stereocenters. The van der Waals surface area contributed by atoms with E-state index in [-0.39, 0.29) is 0 Å². The van der Waals surface area contributed by atoms with Crippen LogP contribution in [0.15, 0.2) is 30.6 Å². The molecule has 2 aliphatic rings. The van der Waals surface area contributed by atoms with Gasteiger partial charge in [0, 0.05) is 18.7 Å². The average molecular weight is 417 g/mol. The van der Waals surface area contributed by atoms with Gasteiger partial charge in [0.15, 0.2) is 0 Å². The van der Waals surface area contributed by atoms with E-state index in [0.29, 0.717) is 5.75 Å². The molecule has 4 N–H and O–H groups in total. The lowest BCUT2D eigenvalue weighted by molar-refractivity contribution is -0.277.